The highest BCUT2D eigenvalue weighted by Crippen LogP contribution is 2.30. The van der Waals surface area contributed by atoms with E-state index in [2.05, 4.69) is 21.3 Å². The van der Waals surface area contributed by atoms with Crippen LogP contribution in [0.15, 0.2) is 24.3 Å². The number of benzene rings is 1. The Morgan fingerprint density at radius 2 is 1.50 bits per heavy atom. The van der Waals surface area contributed by atoms with Gasteiger partial charge in [-0.25, -0.2) is 4.79 Å². The lowest BCUT2D eigenvalue weighted by atomic mass is 9.80. The molecule has 0 aliphatic heterocycles. The molecule has 0 atom stereocenters. The van der Waals surface area contributed by atoms with E-state index in [0.717, 1.165) is 32.1 Å². The molecule has 0 heterocycles. The minimum atomic E-state index is -0.828. The molecule has 140 valence electrons. The molecule has 0 spiro atoms. The molecule has 2 aliphatic rings. The van der Waals surface area contributed by atoms with Crippen LogP contribution in [-0.4, -0.2) is 29.4 Å². The highest BCUT2D eigenvalue weighted by Gasteiger charge is 2.40. The summed E-state index contributed by atoms with van der Waals surface area (Å²) in [5, 5.41) is 11.4. The lowest BCUT2D eigenvalue weighted by molar-refractivity contribution is -0.130. The van der Waals surface area contributed by atoms with E-state index < -0.39 is 5.54 Å². The summed E-state index contributed by atoms with van der Waals surface area (Å²) in [6.07, 6.45) is 6.30. The summed E-state index contributed by atoms with van der Waals surface area (Å²) in [6, 6.07) is 7.07. The van der Waals surface area contributed by atoms with E-state index in [1.54, 1.807) is 24.3 Å². The molecule has 2 fully saturated rings. The van der Waals surface area contributed by atoms with E-state index in [-0.39, 0.29) is 17.8 Å². The Labute approximate surface area is 153 Å². The quantitative estimate of drug-likeness (QED) is 0.651. The van der Waals surface area contributed by atoms with Crippen LogP contribution in [0, 0.1) is 0 Å². The summed E-state index contributed by atoms with van der Waals surface area (Å²) in [6.45, 7) is 1.44. The van der Waals surface area contributed by atoms with Gasteiger partial charge in [0.1, 0.15) is 5.54 Å². The number of nitrogens with one attached hydrogen (secondary N) is 4. The second-order valence-electron chi connectivity index (χ2n) is 7.23. The maximum Gasteiger partial charge on any atom is 0.319 e. The molecule has 0 radical (unpaired) electrons. The van der Waals surface area contributed by atoms with Crippen molar-refractivity contribution in [2.75, 3.05) is 10.6 Å². The molecule has 7 heteroatoms. The Balaban J connectivity index is 1.60. The third kappa shape index (κ3) is 4.74. The van der Waals surface area contributed by atoms with Gasteiger partial charge in [0.2, 0.25) is 11.8 Å². The summed E-state index contributed by atoms with van der Waals surface area (Å²) in [4.78, 5) is 36.1. The standard InChI is InChI=1S/C19H26N4O3/c1-13(24)23-19(11-3-2-4-12-19)17(25)20-14-5-7-15(8-6-14)21-18(26)22-16-9-10-16/h5-8,16H,2-4,9-12H2,1H3,(H,20,25)(H,23,24)(H2,21,22,26). The number of carbonyl (C=O) groups is 3. The van der Waals surface area contributed by atoms with Gasteiger partial charge in [0.15, 0.2) is 0 Å². The maximum atomic E-state index is 12.8. The molecule has 4 N–H and O–H groups in total. The first kappa shape index (κ1) is 18.2. The predicted octanol–water partition coefficient (Wildman–Crippen LogP) is 2.75. The SMILES string of the molecule is CC(=O)NC1(C(=O)Nc2ccc(NC(=O)NC3CC3)cc2)CCCCC1. The third-order valence-electron chi connectivity index (χ3n) is 4.87. The fourth-order valence-electron chi connectivity index (χ4n) is 3.37. The molecule has 0 aromatic heterocycles. The number of carbonyl (C=O) groups excluding carboxylic acids is 3. The Hall–Kier alpha value is -2.57. The molecule has 7 nitrogen and oxygen atoms in total. The second-order valence-corrected chi connectivity index (χ2v) is 7.23. The van der Waals surface area contributed by atoms with Gasteiger partial charge in [-0.15, -0.1) is 0 Å². The molecular weight excluding hydrogens is 332 g/mol. The van der Waals surface area contributed by atoms with E-state index >= 15 is 0 Å². The van der Waals surface area contributed by atoms with Crippen LogP contribution in [0.1, 0.15) is 51.9 Å². The van der Waals surface area contributed by atoms with Gasteiger partial charge >= 0.3 is 6.03 Å². The van der Waals surface area contributed by atoms with E-state index in [1.165, 1.54) is 6.92 Å². The summed E-state index contributed by atoms with van der Waals surface area (Å²) < 4.78 is 0. The van der Waals surface area contributed by atoms with Crippen molar-refractivity contribution in [2.45, 2.75) is 63.5 Å². The second kappa shape index (κ2) is 7.76. The van der Waals surface area contributed by atoms with Crippen LogP contribution in [-0.2, 0) is 9.59 Å². The van der Waals surface area contributed by atoms with Crippen molar-refractivity contribution in [3.05, 3.63) is 24.3 Å². The van der Waals surface area contributed by atoms with Gasteiger partial charge in [-0.2, -0.15) is 0 Å². The lowest BCUT2D eigenvalue weighted by Gasteiger charge is -2.36. The molecule has 2 saturated carbocycles. The Kier molecular flexibility index (Phi) is 5.44. The van der Waals surface area contributed by atoms with Crippen LogP contribution >= 0.6 is 0 Å². The van der Waals surface area contributed by atoms with Crippen molar-refractivity contribution in [3.63, 3.8) is 0 Å². The van der Waals surface area contributed by atoms with E-state index in [1.807, 2.05) is 0 Å². The fourth-order valence-corrected chi connectivity index (χ4v) is 3.37. The van der Waals surface area contributed by atoms with Gasteiger partial charge in [-0.3, -0.25) is 9.59 Å². The lowest BCUT2D eigenvalue weighted by Crippen LogP contribution is -2.57. The van der Waals surface area contributed by atoms with E-state index in [9.17, 15) is 14.4 Å². The normalized spacial score (nSPS) is 18.5. The number of hydrogen-bond donors (Lipinski definition) is 4. The first-order chi connectivity index (χ1) is 12.5. The summed E-state index contributed by atoms with van der Waals surface area (Å²) >= 11 is 0. The molecule has 3 rings (SSSR count). The minimum Gasteiger partial charge on any atom is -0.342 e. The predicted molar refractivity (Wildman–Crippen MR) is 99.9 cm³/mol. The highest BCUT2D eigenvalue weighted by atomic mass is 16.2. The van der Waals surface area contributed by atoms with Gasteiger partial charge in [0, 0.05) is 24.3 Å². The number of rotatable bonds is 5. The monoisotopic (exact) mass is 358 g/mol. The van der Waals surface area contributed by atoms with Gasteiger partial charge in [-0.05, 0) is 49.9 Å². The van der Waals surface area contributed by atoms with Crippen LogP contribution in [0.4, 0.5) is 16.2 Å². The van der Waals surface area contributed by atoms with Crippen molar-refractivity contribution in [2.24, 2.45) is 0 Å². The number of amides is 4. The number of urea groups is 1. The van der Waals surface area contributed by atoms with Crippen LogP contribution in [0.5, 0.6) is 0 Å². The topological polar surface area (TPSA) is 99.3 Å². The first-order valence-electron chi connectivity index (χ1n) is 9.25. The van der Waals surface area contributed by atoms with Gasteiger partial charge in [0.05, 0.1) is 0 Å². The molecule has 26 heavy (non-hydrogen) atoms. The van der Waals surface area contributed by atoms with Crippen molar-refractivity contribution in [1.29, 1.82) is 0 Å². The van der Waals surface area contributed by atoms with Crippen LogP contribution in [0.2, 0.25) is 0 Å². The third-order valence-corrected chi connectivity index (χ3v) is 4.87. The first-order valence-corrected chi connectivity index (χ1v) is 9.25. The van der Waals surface area contributed by atoms with E-state index in [0.29, 0.717) is 30.3 Å². The van der Waals surface area contributed by atoms with E-state index in [4.69, 9.17) is 0 Å². The molecular formula is C19H26N4O3. The number of hydrogen-bond acceptors (Lipinski definition) is 3. The van der Waals surface area contributed by atoms with Crippen molar-refractivity contribution >= 4 is 29.2 Å². The number of anilines is 2. The Morgan fingerprint density at radius 3 is 2.04 bits per heavy atom. The zero-order valence-electron chi connectivity index (χ0n) is 15.1. The van der Waals surface area contributed by atoms with Crippen LogP contribution in [0.25, 0.3) is 0 Å². The van der Waals surface area contributed by atoms with Gasteiger partial charge in [-0.1, -0.05) is 19.3 Å². The summed E-state index contributed by atoms with van der Waals surface area (Å²) in [5.74, 6) is -0.372. The molecule has 1 aromatic rings. The molecule has 0 bridgehead atoms. The minimum absolute atomic E-state index is 0.181. The average Bonchev–Trinajstić information content (AvgIpc) is 3.40. The maximum absolute atomic E-state index is 12.8. The molecule has 0 unspecified atom stereocenters. The highest BCUT2D eigenvalue weighted by molar-refractivity contribution is 6.00. The average molecular weight is 358 g/mol. The molecule has 4 amide bonds. The van der Waals surface area contributed by atoms with Crippen molar-refractivity contribution in [1.82, 2.24) is 10.6 Å². The summed E-state index contributed by atoms with van der Waals surface area (Å²) in [5.41, 5.74) is 0.472. The van der Waals surface area contributed by atoms with Crippen molar-refractivity contribution in [3.8, 4) is 0 Å². The van der Waals surface area contributed by atoms with Crippen LogP contribution < -0.4 is 21.3 Å². The zero-order chi connectivity index (χ0) is 18.6. The Bertz CT molecular complexity index is 677. The zero-order valence-corrected chi connectivity index (χ0v) is 15.1. The summed E-state index contributed by atoms with van der Waals surface area (Å²) in [7, 11) is 0. The van der Waals surface area contributed by atoms with Gasteiger partial charge in [0.25, 0.3) is 0 Å². The Morgan fingerprint density at radius 1 is 0.923 bits per heavy atom. The van der Waals surface area contributed by atoms with Gasteiger partial charge < -0.3 is 21.3 Å². The molecule has 0 saturated heterocycles. The fraction of sp³-hybridized carbons (Fsp3) is 0.526. The molecule has 2 aliphatic carbocycles. The smallest absolute Gasteiger partial charge is 0.319 e. The van der Waals surface area contributed by atoms with Crippen LogP contribution in [0.3, 0.4) is 0 Å². The largest absolute Gasteiger partial charge is 0.342 e. The molecule has 1 aromatic carbocycles. The van der Waals surface area contributed by atoms with Crippen molar-refractivity contribution < 1.29 is 14.4 Å².